The molecule has 0 unspecified atom stereocenters. The number of aliphatic hydroxyl groups is 1. The second-order valence-electron chi connectivity index (χ2n) is 9.80. The number of hydrogen-bond acceptors (Lipinski definition) is 5. The molecule has 32 heavy (non-hydrogen) atoms. The van der Waals surface area contributed by atoms with Crippen molar-refractivity contribution in [2.45, 2.75) is 65.1 Å². The Morgan fingerprint density at radius 1 is 1.06 bits per heavy atom. The lowest BCUT2D eigenvalue weighted by atomic mass is 9.78. The first-order valence-corrected chi connectivity index (χ1v) is 11.7. The minimum Gasteiger partial charge on any atom is -0.487 e. The van der Waals surface area contributed by atoms with E-state index in [1.54, 1.807) is 13.8 Å². The standard InChI is InChI=1S/C26H31NO5/c1-14-7-8-22(20-6-4-5-19(14)20)32-23-11-18-13-27(12-17(18)10-21(23)28)26(30)25-15(2)9-24(29)31-16(25)3/h7-9,17-18,21,23,28H,4-6,10-13H2,1-3H3/t17-,18+,21+,23+/m0/s1. The Labute approximate surface area is 188 Å². The molecule has 6 nitrogen and oxygen atoms in total. The molecule has 2 fully saturated rings. The van der Waals surface area contributed by atoms with Crippen molar-refractivity contribution in [3.63, 3.8) is 0 Å². The van der Waals surface area contributed by atoms with Gasteiger partial charge in [0.15, 0.2) is 0 Å². The minimum absolute atomic E-state index is 0.0959. The molecule has 2 heterocycles. The second-order valence-corrected chi connectivity index (χ2v) is 9.80. The van der Waals surface area contributed by atoms with E-state index < -0.39 is 11.7 Å². The Kier molecular flexibility index (Phi) is 5.36. The molecule has 0 bridgehead atoms. The zero-order chi connectivity index (χ0) is 22.6. The van der Waals surface area contributed by atoms with Gasteiger partial charge in [-0.15, -0.1) is 0 Å². The van der Waals surface area contributed by atoms with E-state index in [4.69, 9.17) is 9.15 Å². The second kappa shape index (κ2) is 8.07. The number of ether oxygens (including phenoxy) is 1. The number of hydrogen-bond donors (Lipinski definition) is 1. The number of aryl methyl sites for hydroxylation is 3. The highest BCUT2D eigenvalue weighted by atomic mass is 16.5. The first-order chi connectivity index (χ1) is 15.3. The maximum absolute atomic E-state index is 13.2. The van der Waals surface area contributed by atoms with Crippen LogP contribution in [-0.2, 0) is 12.8 Å². The molecule has 5 rings (SSSR count). The Morgan fingerprint density at radius 3 is 2.53 bits per heavy atom. The van der Waals surface area contributed by atoms with Gasteiger partial charge >= 0.3 is 5.63 Å². The van der Waals surface area contributed by atoms with Gasteiger partial charge in [-0.25, -0.2) is 4.79 Å². The largest absolute Gasteiger partial charge is 0.487 e. The number of carbonyl (C=O) groups excluding carboxylic acids is 1. The average molecular weight is 438 g/mol. The van der Waals surface area contributed by atoms with Crippen LogP contribution in [0.25, 0.3) is 0 Å². The molecule has 1 aromatic heterocycles. The van der Waals surface area contributed by atoms with Crippen LogP contribution in [0, 0.1) is 32.6 Å². The molecule has 6 heteroatoms. The van der Waals surface area contributed by atoms with Crippen molar-refractivity contribution in [2.75, 3.05) is 13.1 Å². The van der Waals surface area contributed by atoms with Gasteiger partial charge in [-0.1, -0.05) is 6.07 Å². The molecule has 1 amide bonds. The molecular formula is C26H31NO5. The van der Waals surface area contributed by atoms with Gasteiger partial charge in [0, 0.05) is 19.2 Å². The van der Waals surface area contributed by atoms with E-state index in [-0.39, 0.29) is 17.9 Å². The summed E-state index contributed by atoms with van der Waals surface area (Å²) in [6, 6.07) is 5.55. The van der Waals surface area contributed by atoms with Gasteiger partial charge in [0.05, 0.1) is 11.7 Å². The molecule has 1 aliphatic heterocycles. The summed E-state index contributed by atoms with van der Waals surface area (Å²) in [5, 5.41) is 10.9. The normalized spacial score (nSPS) is 26.7. The average Bonchev–Trinajstić information content (AvgIpc) is 3.37. The van der Waals surface area contributed by atoms with Crippen molar-refractivity contribution >= 4 is 5.91 Å². The number of fused-ring (bicyclic) bond motifs is 2. The van der Waals surface area contributed by atoms with Crippen LogP contribution in [0.3, 0.4) is 0 Å². The van der Waals surface area contributed by atoms with E-state index in [0.717, 1.165) is 31.4 Å². The smallest absolute Gasteiger partial charge is 0.336 e. The quantitative estimate of drug-likeness (QED) is 0.797. The van der Waals surface area contributed by atoms with Crippen LogP contribution in [0.1, 0.15) is 57.6 Å². The summed E-state index contributed by atoms with van der Waals surface area (Å²) in [6.07, 6.45) is 3.88. The molecule has 0 spiro atoms. The number of nitrogens with zero attached hydrogens (tertiary/aromatic N) is 1. The summed E-state index contributed by atoms with van der Waals surface area (Å²) >= 11 is 0. The highest BCUT2D eigenvalue weighted by Crippen LogP contribution is 2.40. The van der Waals surface area contributed by atoms with Crippen LogP contribution in [0.15, 0.2) is 27.4 Å². The van der Waals surface area contributed by atoms with E-state index in [2.05, 4.69) is 19.1 Å². The van der Waals surface area contributed by atoms with Crippen LogP contribution in [0.5, 0.6) is 5.75 Å². The molecule has 1 N–H and O–H groups in total. The first kappa shape index (κ1) is 21.3. The Hall–Kier alpha value is -2.60. The lowest BCUT2D eigenvalue weighted by Gasteiger charge is -2.35. The van der Waals surface area contributed by atoms with Gasteiger partial charge in [-0.3, -0.25) is 4.79 Å². The Morgan fingerprint density at radius 2 is 1.78 bits per heavy atom. The van der Waals surface area contributed by atoms with Crippen molar-refractivity contribution in [1.82, 2.24) is 4.90 Å². The number of carbonyl (C=O) groups is 1. The van der Waals surface area contributed by atoms with Gasteiger partial charge in [0.2, 0.25) is 0 Å². The molecule has 4 atom stereocenters. The summed E-state index contributed by atoms with van der Waals surface area (Å²) in [7, 11) is 0. The zero-order valence-electron chi connectivity index (χ0n) is 19.0. The van der Waals surface area contributed by atoms with Gasteiger partial charge in [-0.05, 0) is 93.0 Å². The Bertz CT molecular complexity index is 1090. The molecule has 2 aromatic rings. The number of rotatable bonds is 3. The summed E-state index contributed by atoms with van der Waals surface area (Å²) < 4.78 is 11.6. The van der Waals surface area contributed by atoms with Crippen LogP contribution in [0.2, 0.25) is 0 Å². The van der Waals surface area contributed by atoms with Crippen LogP contribution in [-0.4, -0.2) is 41.2 Å². The highest BCUT2D eigenvalue weighted by Gasteiger charge is 2.44. The molecule has 3 aliphatic rings. The topological polar surface area (TPSA) is 80.0 Å². The summed E-state index contributed by atoms with van der Waals surface area (Å²) in [6.45, 7) is 6.84. The van der Waals surface area contributed by atoms with Gasteiger partial charge < -0.3 is 19.2 Å². The van der Waals surface area contributed by atoms with Gasteiger partial charge in [-0.2, -0.15) is 0 Å². The van der Waals surface area contributed by atoms with E-state index in [9.17, 15) is 14.7 Å². The van der Waals surface area contributed by atoms with Crippen molar-refractivity contribution < 1.29 is 19.1 Å². The van der Waals surface area contributed by atoms with Crippen molar-refractivity contribution in [3.8, 4) is 5.75 Å². The lowest BCUT2D eigenvalue weighted by Crippen LogP contribution is -2.42. The Balaban J connectivity index is 1.31. The fourth-order valence-electron chi connectivity index (χ4n) is 6.04. The fraction of sp³-hybridized carbons (Fsp3) is 0.538. The third-order valence-electron chi connectivity index (χ3n) is 7.67. The zero-order valence-corrected chi connectivity index (χ0v) is 19.0. The number of aliphatic hydroxyl groups excluding tert-OH is 1. The SMILES string of the molecule is Cc1ccc(O[C@@H]2C[C@@H]3CN(C(=O)c4c(C)cc(=O)oc4C)C[C@@H]3C[C@H]2O)c2c1CCC2. The minimum atomic E-state index is -0.539. The number of amides is 1. The van der Waals surface area contributed by atoms with Crippen molar-refractivity contribution in [1.29, 1.82) is 0 Å². The van der Waals surface area contributed by atoms with Gasteiger partial charge in [0.1, 0.15) is 17.6 Å². The maximum Gasteiger partial charge on any atom is 0.336 e. The third kappa shape index (κ3) is 3.64. The molecular weight excluding hydrogens is 406 g/mol. The van der Waals surface area contributed by atoms with E-state index >= 15 is 0 Å². The highest BCUT2D eigenvalue weighted by molar-refractivity contribution is 5.96. The molecule has 2 aliphatic carbocycles. The van der Waals surface area contributed by atoms with Crippen molar-refractivity contribution in [2.24, 2.45) is 11.8 Å². The van der Waals surface area contributed by atoms with Crippen molar-refractivity contribution in [3.05, 3.63) is 62.2 Å². The molecule has 170 valence electrons. The van der Waals surface area contributed by atoms with Crippen LogP contribution >= 0.6 is 0 Å². The molecule has 0 radical (unpaired) electrons. The summed E-state index contributed by atoms with van der Waals surface area (Å²) in [5.41, 5.74) is 4.72. The third-order valence-corrected chi connectivity index (χ3v) is 7.67. The predicted molar refractivity (Wildman–Crippen MR) is 120 cm³/mol. The molecule has 1 aromatic carbocycles. The monoisotopic (exact) mass is 437 g/mol. The molecule has 1 saturated carbocycles. The summed E-state index contributed by atoms with van der Waals surface area (Å²) in [4.78, 5) is 26.7. The predicted octanol–water partition coefficient (Wildman–Crippen LogP) is 3.34. The van der Waals surface area contributed by atoms with Crippen LogP contribution in [0.4, 0.5) is 0 Å². The summed E-state index contributed by atoms with van der Waals surface area (Å²) in [5.74, 6) is 1.74. The van der Waals surface area contributed by atoms with Crippen LogP contribution < -0.4 is 10.4 Å². The number of benzene rings is 1. The van der Waals surface area contributed by atoms with E-state index in [1.165, 1.54) is 22.8 Å². The van der Waals surface area contributed by atoms with Gasteiger partial charge in [0.25, 0.3) is 5.91 Å². The van der Waals surface area contributed by atoms with E-state index in [1.807, 2.05) is 4.90 Å². The maximum atomic E-state index is 13.2. The fourth-order valence-corrected chi connectivity index (χ4v) is 6.04. The number of likely N-dealkylation sites (tertiary alicyclic amines) is 1. The molecule has 1 saturated heterocycles. The lowest BCUT2D eigenvalue weighted by molar-refractivity contribution is -0.0235. The van der Waals surface area contributed by atoms with E-state index in [0.29, 0.717) is 42.3 Å². The first-order valence-electron chi connectivity index (χ1n) is 11.7.